The number of pyridine rings is 1. The van der Waals surface area contributed by atoms with Crippen LogP contribution in [0.2, 0.25) is 0 Å². The number of ether oxygens (including phenoxy) is 1. The lowest BCUT2D eigenvalue weighted by Gasteiger charge is -2.36. The molecule has 8 heteroatoms. The maximum atomic E-state index is 13.8. The van der Waals surface area contributed by atoms with Crippen molar-refractivity contribution in [2.75, 3.05) is 44.2 Å². The highest BCUT2D eigenvalue weighted by Crippen LogP contribution is 2.22. The Balaban J connectivity index is 1.26. The summed E-state index contributed by atoms with van der Waals surface area (Å²) < 4.78 is 20.2. The molecular formula is C22H23FIN3O3. The number of anilines is 1. The summed E-state index contributed by atoms with van der Waals surface area (Å²) in [5.41, 5.74) is 1.51. The molecule has 2 aromatic carbocycles. The molecule has 2 heterocycles. The molecule has 1 unspecified atom stereocenters. The number of hydrogen-bond acceptors (Lipinski definition) is 5. The van der Waals surface area contributed by atoms with E-state index in [4.69, 9.17) is 4.74 Å². The third-order valence-electron chi connectivity index (χ3n) is 5.25. The van der Waals surface area contributed by atoms with Gasteiger partial charge in [-0.2, -0.15) is 0 Å². The highest BCUT2D eigenvalue weighted by Gasteiger charge is 2.20. The minimum Gasteiger partial charge on any atom is -0.491 e. The van der Waals surface area contributed by atoms with Crippen molar-refractivity contribution in [3.63, 3.8) is 0 Å². The third kappa shape index (κ3) is 5.11. The van der Waals surface area contributed by atoms with Gasteiger partial charge in [0.15, 0.2) is 0 Å². The Morgan fingerprint density at radius 2 is 1.90 bits per heavy atom. The summed E-state index contributed by atoms with van der Waals surface area (Å²) in [6, 6.07) is 14.0. The molecule has 4 rings (SSSR count). The van der Waals surface area contributed by atoms with Crippen molar-refractivity contribution in [3.05, 3.63) is 68.3 Å². The monoisotopic (exact) mass is 523 g/mol. The fourth-order valence-corrected chi connectivity index (χ4v) is 3.97. The Bertz CT molecular complexity index is 1080. The molecule has 2 N–H and O–H groups in total. The molecule has 1 aliphatic rings. The second kappa shape index (κ2) is 9.32. The Hall–Kier alpha value is -2.17. The minimum absolute atomic E-state index is 0.140. The number of benzene rings is 2. The number of nitrogens with one attached hydrogen (secondary N) is 1. The standard InChI is InChI=1S/C22H23FIN3O3/c23-19-12-16(2-4-20(19)24)27-9-7-26(8-10-27)13-17(28)14-30-18-3-5-21-15(11-18)1-6-22(29)25-21/h1-6,11-12,17,28H,7-10,13-14H2,(H,25,29). The zero-order valence-electron chi connectivity index (χ0n) is 16.4. The molecule has 0 spiro atoms. The zero-order chi connectivity index (χ0) is 21.1. The number of H-pyrrole nitrogens is 1. The van der Waals surface area contributed by atoms with E-state index in [1.54, 1.807) is 30.3 Å². The Kier molecular flexibility index (Phi) is 6.55. The quantitative estimate of drug-likeness (QED) is 0.487. The van der Waals surface area contributed by atoms with Gasteiger partial charge in [-0.15, -0.1) is 0 Å². The van der Waals surface area contributed by atoms with E-state index < -0.39 is 6.10 Å². The highest BCUT2D eigenvalue weighted by atomic mass is 127. The Morgan fingerprint density at radius 3 is 2.67 bits per heavy atom. The molecule has 1 fully saturated rings. The SMILES string of the molecule is O=c1ccc2cc(OCC(O)CN3CCN(c4ccc(I)c(F)c4)CC3)ccc2[nH]1. The number of aromatic amines is 1. The number of fused-ring (bicyclic) bond motifs is 1. The van der Waals surface area contributed by atoms with Gasteiger partial charge in [0.1, 0.15) is 24.3 Å². The van der Waals surface area contributed by atoms with Gasteiger partial charge in [-0.3, -0.25) is 9.69 Å². The maximum Gasteiger partial charge on any atom is 0.248 e. The fourth-order valence-electron chi connectivity index (χ4n) is 3.64. The van der Waals surface area contributed by atoms with Crippen LogP contribution in [0.1, 0.15) is 0 Å². The van der Waals surface area contributed by atoms with Gasteiger partial charge in [-0.05, 0) is 65.1 Å². The first-order chi connectivity index (χ1) is 14.5. The van der Waals surface area contributed by atoms with Crippen LogP contribution in [0.3, 0.4) is 0 Å². The summed E-state index contributed by atoms with van der Waals surface area (Å²) in [7, 11) is 0. The van der Waals surface area contributed by atoms with E-state index >= 15 is 0 Å². The first-order valence-electron chi connectivity index (χ1n) is 9.84. The Morgan fingerprint density at radius 1 is 1.10 bits per heavy atom. The van der Waals surface area contributed by atoms with Crippen molar-refractivity contribution in [1.82, 2.24) is 9.88 Å². The van der Waals surface area contributed by atoms with Gasteiger partial charge >= 0.3 is 0 Å². The molecule has 3 aromatic rings. The van der Waals surface area contributed by atoms with Crippen LogP contribution in [0.4, 0.5) is 10.1 Å². The maximum absolute atomic E-state index is 13.8. The van der Waals surface area contributed by atoms with E-state index in [2.05, 4.69) is 14.8 Å². The lowest BCUT2D eigenvalue weighted by molar-refractivity contribution is 0.0663. The molecule has 30 heavy (non-hydrogen) atoms. The van der Waals surface area contributed by atoms with Gasteiger partial charge in [0.05, 0.1) is 0 Å². The van der Waals surface area contributed by atoms with E-state index in [0.29, 0.717) is 15.9 Å². The molecule has 0 aliphatic carbocycles. The molecule has 0 radical (unpaired) electrons. The number of hydrogen-bond donors (Lipinski definition) is 2. The van der Waals surface area contributed by atoms with Gasteiger partial charge in [0.2, 0.25) is 5.56 Å². The van der Waals surface area contributed by atoms with Crippen LogP contribution < -0.4 is 15.2 Å². The lowest BCUT2D eigenvalue weighted by atomic mass is 10.2. The topological polar surface area (TPSA) is 68.8 Å². The molecule has 158 valence electrons. The molecule has 6 nitrogen and oxygen atoms in total. The third-order valence-corrected chi connectivity index (χ3v) is 6.12. The molecule has 0 saturated carbocycles. The second-order valence-corrected chi connectivity index (χ2v) is 8.58. The van der Waals surface area contributed by atoms with E-state index in [-0.39, 0.29) is 18.0 Å². The highest BCUT2D eigenvalue weighted by molar-refractivity contribution is 14.1. The summed E-state index contributed by atoms with van der Waals surface area (Å²) in [4.78, 5) is 18.5. The smallest absolute Gasteiger partial charge is 0.248 e. The predicted molar refractivity (Wildman–Crippen MR) is 124 cm³/mol. The van der Waals surface area contributed by atoms with Crippen LogP contribution in [0.5, 0.6) is 5.75 Å². The molecular weight excluding hydrogens is 500 g/mol. The number of aliphatic hydroxyl groups is 1. The van der Waals surface area contributed by atoms with E-state index in [1.165, 1.54) is 6.07 Å². The summed E-state index contributed by atoms with van der Waals surface area (Å²) in [5.74, 6) is 0.460. The second-order valence-electron chi connectivity index (χ2n) is 7.42. The molecule has 0 amide bonds. The number of aromatic nitrogens is 1. The normalized spacial score (nSPS) is 16.0. The number of β-amino-alcohol motifs (C(OH)–C–C–N with tert-alkyl or cyclic N) is 1. The number of nitrogens with zero attached hydrogens (tertiary/aromatic N) is 2. The number of piperazine rings is 1. The number of rotatable bonds is 6. The van der Waals surface area contributed by atoms with Crippen LogP contribution in [-0.4, -0.2) is 60.4 Å². The Labute approximate surface area is 187 Å². The average Bonchev–Trinajstić information content (AvgIpc) is 2.75. The fraction of sp³-hybridized carbons (Fsp3) is 0.318. The molecule has 0 bridgehead atoms. The summed E-state index contributed by atoms with van der Waals surface area (Å²) >= 11 is 1.99. The van der Waals surface area contributed by atoms with Crippen LogP contribution in [-0.2, 0) is 0 Å². The van der Waals surface area contributed by atoms with Gasteiger partial charge in [-0.25, -0.2) is 4.39 Å². The summed E-state index contributed by atoms with van der Waals surface area (Å²) in [6.45, 7) is 3.89. The van der Waals surface area contributed by atoms with Gasteiger partial charge in [0.25, 0.3) is 0 Å². The molecule has 1 atom stereocenters. The van der Waals surface area contributed by atoms with E-state index in [0.717, 1.165) is 42.8 Å². The molecule has 1 saturated heterocycles. The summed E-state index contributed by atoms with van der Waals surface area (Å²) in [6.07, 6.45) is -0.612. The number of aliphatic hydroxyl groups excluding tert-OH is 1. The molecule has 1 aromatic heterocycles. The zero-order valence-corrected chi connectivity index (χ0v) is 18.5. The van der Waals surface area contributed by atoms with Crippen molar-refractivity contribution in [2.24, 2.45) is 0 Å². The van der Waals surface area contributed by atoms with Gasteiger partial charge in [-0.1, -0.05) is 0 Å². The minimum atomic E-state index is -0.612. The largest absolute Gasteiger partial charge is 0.491 e. The average molecular weight is 523 g/mol. The molecule has 1 aliphatic heterocycles. The van der Waals surface area contributed by atoms with Gasteiger partial charge < -0.3 is 19.7 Å². The van der Waals surface area contributed by atoms with E-state index in [1.807, 2.05) is 34.7 Å². The van der Waals surface area contributed by atoms with Gasteiger partial charge in [0, 0.05) is 59.0 Å². The van der Waals surface area contributed by atoms with Crippen LogP contribution >= 0.6 is 22.6 Å². The lowest BCUT2D eigenvalue weighted by Crippen LogP contribution is -2.49. The van der Waals surface area contributed by atoms with Crippen LogP contribution in [0, 0.1) is 9.39 Å². The van der Waals surface area contributed by atoms with E-state index in [9.17, 15) is 14.3 Å². The van der Waals surface area contributed by atoms with Crippen LogP contribution in [0.25, 0.3) is 10.9 Å². The predicted octanol–water partition coefficient (Wildman–Crippen LogP) is 2.83. The first kappa shape index (κ1) is 21.1. The first-order valence-corrected chi connectivity index (χ1v) is 10.9. The van der Waals surface area contributed by atoms with Crippen molar-refractivity contribution in [1.29, 1.82) is 0 Å². The number of halogens is 2. The van der Waals surface area contributed by atoms with Crippen molar-refractivity contribution < 1.29 is 14.2 Å². The van der Waals surface area contributed by atoms with Crippen LogP contribution in [0.15, 0.2) is 53.3 Å². The van der Waals surface area contributed by atoms with Crippen molar-refractivity contribution in [3.8, 4) is 5.75 Å². The van der Waals surface area contributed by atoms with Crippen molar-refractivity contribution >= 4 is 39.2 Å². The summed E-state index contributed by atoms with van der Waals surface area (Å²) in [5, 5.41) is 11.3. The van der Waals surface area contributed by atoms with Crippen molar-refractivity contribution in [2.45, 2.75) is 6.10 Å².